The lowest BCUT2D eigenvalue weighted by Crippen LogP contribution is -1.99. The number of rotatable bonds is 14. The first kappa shape index (κ1) is 19.2. The molecule has 0 N–H and O–H groups in total. The zero-order valence-corrected chi connectivity index (χ0v) is 15.0. The molecule has 22 heavy (non-hydrogen) atoms. The molecular weight excluding hydrogens is 266 g/mol. The molecule has 1 aromatic heterocycles. The van der Waals surface area contributed by atoms with E-state index >= 15 is 0 Å². The highest BCUT2D eigenvalue weighted by Gasteiger charge is 2.09. The minimum Gasteiger partial charge on any atom is -0.265 e. The molecule has 1 heteroatoms. The quantitative estimate of drug-likeness (QED) is 0.329. The van der Waals surface area contributed by atoms with Crippen molar-refractivity contribution >= 4 is 0 Å². The molecule has 0 amide bonds. The van der Waals surface area contributed by atoms with Crippen molar-refractivity contribution in [3.05, 3.63) is 30.1 Å². The van der Waals surface area contributed by atoms with Crippen LogP contribution in [0.25, 0.3) is 0 Å². The Morgan fingerprint density at radius 3 is 1.77 bits per heavy atom. The minimum absolute atomic E-state index is 0.752. The van der Waals surface area contributed by atoms with Gasteiger partial charge in [0.25, 0.3) is 0 Å². The molecule has 1 heterocycles. The van der Waals surface area contributed by atoms with Crippen LogP contribution in [0.3, 0.4) is 0 Å². The third-order valence-electron chi connectivity index (χ3n) is 4.72. The fourth-order valence-electron chi connectivity index (χ4n) is 3.34. The molecule has 0 aliphatic heterocycles. The summed E-state index contributed by atoms with van der Waals surface area (Å²) in [4.78, 5) is 4.14. The molecule has 0 saturated heterocycles. The van der Waals surface area contributed by atoms with Gasteiger partial charge in [0, 0.05) is 12.4 Å². The van der Waals surface area contributed by atoms with E-state index in [0.717, 1.165) is 5.92 Å². The summed E-state index contributed by atoms with van der Waals surface area (Å²) in [6.07, 6.45) is 22.1. The molecule has 0 saturated carbocycles. The maximum Gasteiger partial charge on any atom is 0.0270 e. The van der Waals surface area contributed by atoms with Crippen LogP contribution in [-0.2, 0) is 0 Å². The van der Waals surface area contributed by atoms with Crippen molar-refractivity contribution in [1.82, 2.24) is 4.98 Å². The van der Waals surface area contributed by atoms with Gasteiger partial charge < -0.3 is 0 Å². The molecule has 0 aliphatic carbocycles. The van der Waals surface area contributed by atoms with Crippen molar-refractivity contribution in [3.63, 3.8) is 0 Å². The summed E-state index contributed by atoms with van der Waals surface area (Å²) in [6, 6.07) is 4.41. The number of hydrogen-bond acceptors (Lipinski definition) is 1. The van der Waals surface area contributed by atoms with Crippen LogP contribution in [0.15, 0.2) is 24.5 Å². The SMILES string of the molecule is CCCCCCCCCCCCC(CCC)c1ccncc1. The molecule has 0 aromatic carbocycles. The highest BCUT2D eigenvalue weighted by molar-refractivity contribution is 5.15. The van der Waals surface area contributed by atoms with Crippen molar-refractivity contribution in [2.45, 2.75) is 103 Å². The average Bonchev–Trinajstić information content (AvgIpc) is 2.56. The zero-order chi connectivity index (χ0) is 15.9. The Morgan fingerprint density at radius 2 is 1.23 bits per heavy atom. The Morgan fingerprint density at radius 1 is 0.682 bits per heavy atom. The summed E-state index contributed by atoms with van der Waals surface area (Å²) in [7, 11) is 0. The fourth-order valence-corrected chi connectivity index (χ4v) is 3.34. The number of unbranched alkanes of at least 4 members (excludes halogenated alkanes) is 9. The van der Waals surface area contributed by atoms with Crippen LogP contribution in [-0.4, -0.2) is 4.98 Å². The first-order chi connectivity index (χ1) is 10.9. The van der Waals surface area contributed by atoms with E-state index in [9.17, 15) is 0 Å². The summed E-state index contributed by atoms with van der Waals surface area (Å²) < 4.78 is 0. The summed E-state index contributed by atoms with van der Waals surface area (Å²) in [5.41, 5.74) is 1.49. The number of aromatic nitrogens is 1. The lowest BCUT2D eigenvalue weighted by molar-refractivity contribution is 0.504. The highest BCUT2D eigenvalue weighted by Crippen LogP contribution is 2.27. The van der Waals surface area contributed by atoms with Gasteiger partial charge in [-0.2, -0.15) is 0 Å². The Balaban J connectivity index is 2.04. The number of pyridine rings is 1. The second-order valence-corrected chi connectivity index (χ2v) is 6.74. The van der Waals surface area contributed by atoms with Crippen molar-refractivity contribution < 1.29 is 0 Å². The van der Waals surface area contributed by atoms with Gasteiger partial charge in [-0.1, -0.05) is 84.5 Å². The van der Waals surface area contributed by atoms with E-state index < -0.39 is 0 Å². The van der Waals surface area contributed by atoms with Crippen LogP contribution in [0.2, 0.25) is 0 Å². The summed E-state index contributed by atoms with van der Waals surface area (Å²) in [6.45, 7) is 4.59. The predicted octanol–water partition coefficient (Wildman–Crippen LogP) is 7.28. The Bertz CT molecular complexity index is 333. The van der Waals surface area contributed by atoms with Gasteiger partial charge in [0.15, 0.2) is 0 Å². The minimum atomic E-state index is 0.752. The topological polar surface area (TPSA) is 12.9 Å². The van der Waals surface area contributed by atoms with Crippen LogP contribution in [0.5, 0.6) is 0 Å². The third-order valence-corrected chi connectivity index (χ3v) is 4.72. The van der Waals surface area contributed by atoms with Crippen LogP contribution in [0.4, 0.5) is 0 Å². The van der Waals surface area contributed by atoms with Gasteiger partial charge in [-0.25, -0.2) is 0 Å². The number of hydrogen-bond donors (Lipinski definition) is 0. The van der Waals surface area contributed by atoms with Crippen molar-refractivity contribution in [2.75, 3.05) is 0 Å². The molecular formula is C21H37N. The van der Waals surface area contributed by atoms with E-state index in [2.05, 4.69) is 31.0 Å². The molecule has 0 aliphatic rings. The van der Waals surface area contributed by atoms with E-state index in [1.54, 1.807) is 0 Å². The Hall–Kier alpha value is -0.850. The molecule has 0 radical (unpaired) electrons. The van der Waals surface area contributed by atoms with E-state index in [0.29, 0.717) is 0 Å². The molecule has 126 valence electrons. The van der Waals surface area contributed by atoms with Crippen LogP contribution in [0.1, 0.15) is 109 Å². The predicted molar refractivity (Wildman–Crippen MR) is 98.3 cm³/mol. The Kier molecular flexibility index (Phi) is 12.0. The monoisotopic (exact) mass is 303 g/mol. The van der Waals surface area contributed by atoms with E-state index in [1.807, 2.05) is 12.4 Å². The van der Waals surface area contributed by atoms with Crippen LogP contribution in [0, 0.1) is 0 Å². The second-order valence-electron chi connectivity index (χ2n) is 6.74. The second kappa shape index (κ2) is 13.8. The molecule has 0 spiro atoms. The fraction of sp³-hybridized carbons (Fsp3) is 0.762. The maximum absolute atomic E-state index is 4.14. The van der Waals surface area contributed by atoms with E-state index in [1.165, 1.54) is 89.0 Å². The van der Waals surface area contributed by atoms with E-state index in [-0.39, 0.29) is 0 Å². The molecule has 1 aromatic rings. The van der Waals surface area contributed by atoms with Crippen LogP contribution < -0.4 is 0 Å². The molecule has 1 atom stereocenters. The normalized spacial score (nSPS) is 12.5. The van der Waals surface area contributed by atoms with Gasteiger partial charge in [-0.05, 0) is 36.5 Å². The van der Waals surface area contributed by atoms with Gasteiger partial charge in [0.05, 0.1) is 0 Å². The average molecular weight is 304 g/mol. The highest BCUT2D eigenvalue weighted by atomic mass is 14.6. The first-order valence-corrected chi connectivity index (χ1v) is 9.78. The van der Waals surface area contributed by atoms with Crippen molar-refractivity contribution in [2.24, 2.45) is 0 Å². The molecule has 1 unspecified atom stereocenters. The van der Waals surface area contributed by atoms with Gasteiger partial charge in [0.2, 0.25) is 0 Å². The lowest BCUT2D eigenvalue weighted by atomic mass is 9.90. The smallest absolute Gasteiger partial charge is 0.0270 e. The number of nitrogens with zero attached hydrogens (tertiary/aromatic N) is 1. The molecule has 1 nitrogen and oxygen atoms in total. The summed E-state index contributed by atoms with van der Waals surface area (Å²) >= 11 is 0. The Labute approximate surface area is 138 Å². The zero-order valence-electron chi connectivity index (χ0n) is 15.0. The van der Waals surface area contributed by atoms with Crippen LogP contribution >= 0.6 is 0 Å². The summed E-state index contributed by atoms with van der Waals surface area (Å²) in [5.74, 6) is 0.752. The van der Waals surface area contributed by atoms with Gasteiger partial charge >= 0.3 is 0 Å². The maximum atomic E-state index is 4.14. The summed E-state index contributed by atoms with van der Waals surface area (Å²) in [5, 5.41) is 0. The van der Waals surface area contributed by atoms with Crippen molar-refractivity contribution in [3.8, 4) is 0 Å². The first-order valence-electron chi connectivity index (χ1n) is 9.78. The molecule has 0 fully saturated rings. The largest absolute Gasteiger partial charge is 0.265 e. The lowest BCUT2D eigenvalue weighted by Gasteiger charge is -2.16. The van der Waals surface area contributed by atoms with Crippen molar-refractivity contribution in [1.29, 1.82) is 0 Å². The third kappa shape index (κ3) is 9.23. The van der Waals surface area contributed by atoms with Gasteiger partial charge in [-0.15, -0.1) is 0 Å². The van der Waals surface area contributed by atoms with E-state index in [4.69, 9.17) is 0 Å². The molecule has 0 bridgehead atoms. The van der Waals surface area contributed by atoms with Gasteiger partial charge in [0.1, 0.15) is 0 Å². The van der Waals surface area contributed by atoms with Gasteiger partial charge in [-0.3, -0.25) is 4.98 Å². The molecule has 1 rings (SSSR count). The standard InChI is InChI=1S/C21H37N/c1-3-5-6-7-8-9-10-11-12-13-15-20(14-4-2)21-16-18-22-19-17-21/h16-20H,3-15H2,1-2H3.